The lowest BCUT2D eigenvalue weighted by Gasteiger charge is -1.78. The summed E-state index contributed by atoms with van der Waals surface area (Å²) in [6.45, 7) is 0. The fourth-order valence-corrected chi connectivity index (χ4v) is 0.397. The van der Waals surface area contributed by atoms with Gasteiger partial charge in [-0.05, 0) is 0 Å². The van der Waals surface area contributed by atoms with E-state index in [0.717, 1.165) is 6.21 Å². The average molecular weight is 127 g/mol. The number of H-pyrrole nitrogens is 1. The number of anilines is 1. The molecule has 48 valence electrons. The number of aromatic nitrogens is 3. The number of oxime groups is 1. The zero-order valence-electron chi connectivity index (χ0n) is 4.44. The Morgan fingerprint density at radius 1 is 1.67 bits per heavy atom. The molecule has 0 aliphatic heterocycles. The Morgan fingerprint density at radius 2 is 2.44 bits per heavy atom. The van der Waals surface area contributed by atoms with Crippen LogP contribution in [0.3, 0.4) is 0 Å². The molecule has 0 saturated carbocycles. The van der Waals surface area contributed by atoms with E-state index in [1.807, 2.05) is 0 Å². The second kappa shape index (κ2) is 2.12. The number of nitrogens with one attached hydrogen (secondary N) is 1. The second-order valence-electron chi connectivity index (χ2n) is 1.34. The molecule has 6 nitrogen and oxygen atoms in total. The first-order valence-electron chi connectivity index (χ1n) is 2.18. The van der Waals surface area contributed by atoms with Crippen LogP contribution in [-0.2, 0) is 0 Å². The zero-order chi connectivity index (χ0) is 6.69. The van der Waals surface area contributed by atoms with E-state index >= 15 is 0 Å². The van der Waals surface area contributed by atoms with E-state index in [1.54, 1.807) is 0 Å². The van der Waals surface area contributed by atoms with Gasteiger partial charge in [-0.3, -0.25) is 0 Å². The lowest BCUT2D eigenvalue weighted by Crippen LogP contribution is -1.90. The summed E-state index contributed by atoms with van der Waals surface area (Å²) in [6, 6.07) is 0. The highest BCUT2D eigenvalue weighted by molar-refractivity contribution is 5.81. The molecule has 4 N–H and O–H groups in total. The van der Waals surface area contributed by atoms with Crippen molar-refractivity contribution >= 4 is 12.0 Å². The Kier molecular flexibility index (Phi) is 1.31. The lowest BCUT2D eigenvalue weighted by molar-refractivity contribution is 0.321. The molecular formula is C3H5N5O. The van der Waals surface area contributed by atoms with Crippen molar-refractivity contribution in [3.05, 3.63) is 5.69 Å². The van der Waals surface area contributed by atoms with E-state index < -0.39 is 0 Å². The number of hydrogen-bond donors (Lipinski definition) is 3. The van der Waals surface area contributed by atoms with Crippen LogP contribution in [0.1, 0.15) is 5.69 Å². The van der Waals surface area contributed by atoms with Crippen LogP contribution in [0.2, 0.25) is 0 Å². The number of nitrogens with zero attached hydrogens (tertiary/aromatic N) is 3. The van der Waals surface area contributed by atoms with Gasteiger partial charge in [-0.15, -0.1) is 5.10 Å². The molecule has 0 amide bonds. The Balaban J connectivity index is 2.94. The quantitative estimate of drug-likeness (QED) is 0.261. The van der Waals surface area contributed by atoms with Gasteiger partial charge in [0.2, 0.25) is 0 Å². The molecule has 6 heteroatoms. The SMILES string of the molecule is Nc1n[nH]nc1/C=N/O. The maximum atomic E-state index is 7.99. The molecule has 1 heterocycles. The minimum atomic E-state index is 0.216. The maximum Gasteiger partial charge on any atom is 0.174 e. The fraction of sp³-hybridized carbons (Fsp3) is 0. The molecule has 0 unspecified atom stereocenters. The first-order valence-corrected chi connectivity index (χ1v) is 2.18. The van der Waals surface area contributed by atoms with Crippen molar-refractivity contribution in [3.8, 4) is 0 Å². The molecule has 1 rings (SSSR count). The molecule has 9 heavy (non-hydrogen) atoms. The molecule has 0 aliphatic rings. The first kappa shape index (κ1) is 5.54. The molecule has 0 saturated heterocycles. The van der Waals surface area contributed by atoms with Crippen LogP contribution in [0, 0.1) is 0 Å². The summed E-state index contributed by atoms with van der Waals surface area (Å²) in [7, 11) is 0. The molecule has 0 bridgehead atoms. The molecular weight excluding hydrogens is 122 g/mol. The molecule has 0 fully saturated rings. The predicted octanol–water partition coefficient (Wildman–Crippen LogP) is -0.805. The summed E-state index contributed by atoms with van der Waals surface area (Å²) in [5.41, 5.74) is 5.55. The largest absolute Gasteiger partial charge is 0.411 e. The van der Waals surface area contributed by atoms with Gasteiger partial charge < -0.3 is 10.9 Å². The molecule has 0 aromatic carbocycles. The molecule has 0 radical (unpaired) electrons. The minimum Gasteiger partial charge on any atom is -0.411 e. The highest BCUT2D eigenvalue weighted by Gasteiger charge is 1.97. The summed E-state index contributed by atoms with van der Waals surface area (Å²) in [6.07, 6.45) is 1.10. The third kappa shape index (κ3) is 0.958. The summed E-state index contributed by atoms with van der Waals surface area (Å²) in [4.78, 5) is 0. The van der Waals surface area contributed by atoms with Crippen LogP contribution >= 0.6 is 0 Å². The van der Waals surface area contributed by atoms with Gasteiger partial charge in [0.15, 0.2) is 11.5 Å². The van der Waals surface area contributed by atoms with Gasteiger partial charge in [-0.2, -0.15) is 10.3 Å². The standard InChI is InChI=1S/C3H5N5O/c4-3-2(1-5-9)6-8-7-3/h1,9H,(H3,4,6,7,8)/b5-1+. The van der Waals surface area contributed by atoms with Crippen LogP contribution in [-0.4, -0.2) is 26.8 Å². The predicted molar refractivity (Wildman–Crippen MR) is 30.2 cm³/mol. The lowest BCUT2D eigenvalue weighted by atomic mass is 10.5. The van der Waals surface area contributed by atoms with Crippen molar-refractivity contribution in [2.45, 2.75) is 0 Å². The van der Waals surface area contributed by atoms with Gasteiger partial charge in [0.05, 0.1) is 6.21 Å². The van der Waals surface area contributed by atoms with Gasteiger partial charge in [0.25, 0.3) is 0 Å². The number of aromatic amines is 1. The Hall–Kier alpha value is -1.59. The molecule has 0 spiro atoms. The average Bonchev–Trinajstić information content (AvgIpc) is 2.18. The van der Waals surface area contributed by atoms with E-state index in [4.69, 9.17) is 10.9 Å². The third-order valence-electron chi connectivity index (χ3n) is 0.783. The topological polar surface area (TPSA) is 100 Å². The normalized spacial score (nSPS) is 10.7. The zero-order valence-corrected chi connectivity index (χ0v) is 4.44. The first-order chi connectivity index (χ1) is 4.34. The van der Waals surface area contributed by atoms with Crippen molar-refractivity contribution in [1.82, 2.24) is 15.4 Å². The van der Waals surface area contributed by atoms with Crippen molar-refractivity contribution in [3.63, 3.8) is 0 Å². The van der Waals surface area contributed by atoms with Gasteiger partial charge >= 0.3 is 0 Å². The molecule has 1 aromatic heterocycles. The van der Waals surface area contributed by atoms with E-state index in [0.29, 0.717) is 5.69 Å². The van der Waals surface area contributed by atoms with Gasteiger partial charge in [-0.25, -0.2) is 0 Å². The van der Waals surface area contributed by atoms with E-state index in [-0.39, 0.29) is 5.82 Å². The highest BCUT2D eigenvalue weighted by atomic mass is 16.4. The van der Waals surface area contributed by atoms with Gasteiger partial charge in [-0.1, -0.05) is 5.16 Å². The van der Waals surface area contributed by atoms with Crippen molar-refractivity contribution in [2.24, 2.45) is 5.16 Å². The van der Waals surface area contributed by atoms with Crippen LogP contribution in [0.15, 0.2) is 5.16 Å². The van der Waals surface area contributed by atoms with E-state index in [9.17, 15) is 0 Å². The molecule has 0 aliphatic carbocycles. The van der Waals surface area contributed by atoms with Crippen LogP contribution in [0.25, 0.3) is 0 Å². The van der Waals surface area contributed by atoms with Crippen LogP contribution in [0.4, 0.5) is 5.82 Å². The Labute approximate surface area is 50.4 Å². The van der Waals surface area contributed by atoms with E-state index in [1.165, 1.54) is 0 Å². The fourth-order valence-electron chi connectivity index (χ4n) is 0.397. The van der Waals surface area contributed by atoms with Gasteiger partial charge in [0.1, 0.15) is 0 Å². The van der Waals surface area contributed by atoms with Crippen molar-refractivity contribution < 1.29 is 5.21 Å². The number of nitrogen functional groups attached to an aromatic ring is 1. The minimum absolute atomic E-state index is 0.216. The summed E-state index contributed by atoms with van der Waals surface area (Å²) >= 11 is 0. The van der Waals surface area contributed by atoms with Gasteiger partial charge in [0, 0.05) is 0 Å². The van der Waals surface area contributed by atoms with Crippen molar-refractivity contribution in [2.75, 3.05) is 5.73 Å². The number of rotatable bonds is 1. The third-order valence-corrected chi connectivity index (χ3v) is 0.783. The number of nitrogens with two attached hydrogens (primary N) is 1. The van der Waals surface area contributed by atoms with E-state index in [2.05, 4.69) is 20.6 Å². The Morgan fingerprint density at radius 3 is 2.89 bits per heavy atom. The molecule has 0 atom stereocenters. The summed E-state index contributed by atoms with van der Waals surface area (Å²) in [5.74, 6) is 0.216. The monoisotopic (exact) mass is 127 g/mol. The number of hydrogen-bond acceptors (Lipinski definition) is 5. The smallest absolute Gasteiger partial charge is 0.174 e. The summed E-state index contributed by atoms with van der Waals surface area (Å²) < 4.78 is 0. The molecule has 1 aromatic rings. The second-order valence-corrected chi connectivity index (χ2v) is 1.34. The van der Waals surface area contributed by atoms with Crippen molar-refractivity contribution in [1.29, 1.82) is 0 Å². The van der Waals surface area contributed by atoms with Crippen LogP contribution in [0.5, 0.6) is 0 Å². The van der Waals surface area contributed by atoms with Crippen LogP contribution < -0.4 is 5.73 Å². The maximum absolute atomic E-state index is 7.99. The summed E-state index contributed by atoms with van der Waals surface area (Å²) in [5, 5.41) is 20.0. The Bertz CT molecular complexity index is 216. The highest BCUT2D eigenvalue weighted by Crippen LogP contribution is 1.95.